The molecule has 0 saturated carbocycles. The molecule has 108 valence electrons. The van der Waals surface area contributed by atoms with E-state index >= 15 is 0 Å². The van der Waals surface area contributed by atoms with Gasteiger partial charge < -0.3 is 16.0 Å². The molecule has 2 amide bonds. The van der Waals surface area contributed by atoms with Crippen molar-refractivity contribution in [1.82, 2.24) is 10.2 Å². The average molecular weight is 275 g/mol. The lowest BCUT2D eigenvalue weighted by Crippen LogP contribution is -2.48. The second-order valence-corrected chi connectivity index (χ2v) is 5.15. The van der Waals surface area contributed by atoms with E-state index in [0.29, 0.717) is 0 Å². The molecule has 0 bridgehead atoms. The Morgan fingerprint density at radius 2 is 1.80 bits per heavy atom. The Bertz CT molecular complexity index is 469. The third-order valence-electron chi connectivity index (χ3n) is 3.59. The van der Waals surface area contributed by atoms with Gasteiger partial charge in [0.2, 0.25) is 11.8 Å². The van der Waals surface area contributed by atoms with Crippen molar-refractivity contribution in [3.63, 3.8) is 0 Å². The number of carbonyl (C=O) groups excluding carboxylic acids is 2. The van der Waals surface area contributed by atoms with Crippen LogP contribution in [0.1, 0.15) is 31.4 Å². The highest BCUT2D eigenvalue weighted by atomic mass is 16.2. The van der Waals surface area contributed by atoms with Gasteiger partial charge in [0.05, 0.1) is 0 Å². The van der Waals surface area contributed by atoms with Crippen molar-refractivity contribution in [2.75, 3.05) is 13.1 Å². The standard InChI is InChI=1S/C15H21N3O2/c1-11(15(20)18-9-5-6-10-18)17-14(19)13(16)12-7-3-2-4-8-12/h2-4,7-8,11,13H,5-6,9-10,16H2,1H3,(H,17,19)/t11?,13-/m0/s1. The van der Waals surface area contributed by atoms with E-state index in [9.17, 15) is 9.59 Å². The van der Waals surface area contributed by atoms with Gasteiger partial charge in [0.1, 0.15) is 12.1 Å². The molecule has 0 spiro atoms. The SMILES string of the molecule is CC(NC(=O)[C@@H](N)c1ccccc1)C(=O)N1CCCC1. The predicted octanol–water partition coefficient (Wildman–Crippen LogP) is 0.813. The molecular weight excluding hydrogens is 254 g/mol. The largest absolute Gasteiger partial charge is 0.343 e. The van der Waals surface area contributed by atoms with Crippen molar-refractivity contribution in [1.29, 1.82) is 0 Å². The Labute approximate surface area is 119 Å². The van der Waals surface area contributed by atoms with E-state index in [-0.39, 0.29) is 11.8 Å². The molecule has 1 unspecified atom stereocenters. The third kappa shape index (κ3) is 3.36. The van der Waals surface area contributed by atoms with Crippen LogP contribution in [0.2, 0.25) is 0 Å². The van der Waals surface area contributed by atoms with Crippen LogP contribution in [0.15, 0.2) is 30.3 Å². The van der Waals surface area contributed by atoms with Gasteiger partial charge in [-0.25, -0.2) is 0 Å². The molecule has 0 aliphatic carbocycles. The lowest BCUT2D eigenvalue weighted by Gasteiger charge is -2.22. The second-order valence-electron chi connectivity index (χ2n) is 5.15. The molecule has 2 atom stereocenters. The van der Waals surface area contributed by atoms with Crippen molar-refractivity contribution in [2.24, 2.45) is 5.73 Å². The fourth-order valence-corrected chi connectivity index (χ4v) is 2.39. The van der Waals surface area contributed by atoms with Gasteiger partial charge in [0.15, 0.2) is 0 Å². The first-order valence-corrected chi connectivity index (χ1v) is 6.99. The molecule has 1 saturated heterocycles. The molecule has 3 N–H and O–H groups in total. The van der Waals surface area contributed by atoms with Gasteiger partial charge in [-0.1, -0.05) is 30.3 Å². The Morgan fingerprint density at radius 3 is 2.40 bits per heavy atom. The molecule has 1 aromatic carbocycles. The quantitative estimate of drug-likeness (QED) is 0.854. The van der Waals surface area contributed by atoms with Crippen LogP contribution in [0.5, 0.6) is 0 Å². The number of hydrogen-bond donors (Lipinski definition) is 2. The van der Waals surface area contributed by atoms with Gasteiger partial charge in [0, 0.05) is 13.1 Å². The Kier molecular flexibility index (Phi) is 4.74. The number of rotatable bonds is 4. The summed E-state index contributed by atoms with van der Waals surface area (Å²) in [6.45, 7) is 3.27. The van der Waals surface area contributed by atoms with Crippen LogP contribution < -0.4 is 11.1 Å². The number of likely N-dealkylation sites (tertiary alicyclic amines) is 1. The summed E-state index contributed by atoms with van der Waals surface area (Å²) in [6, 6.07) is 7.87. The zero-order chi connectivity index (χ0) is 14.5. The second kappa shape index (κ2) is 6.52. The number of amides is 2. The fourth-order valence-electron chi connectivity index (χ4n) is 2.39. The Hall–Kier alpha value is -1.88. The molecule has 1 heterocycles. The highest BCUT2D eigenvalue weighted by Gasteiger charge is 2.26. The summed E-state index contributed by atoms with van der Waals surface area (Å²) in [4.78, 5) is 26.0. The van der Waals surface area contributed by atoms with Crippen molar-refractivity contribution < 1.29 is 9.59 Å². The third-order valence-corrected chi connectivity index (χ3v) is 3.59. The number of nitrogens with two attached hydrogens (primary N) is 1. The lowest BCUT2D eigenvalue weighted by atomic mass is 10.1. The van der Waals surface area contributed by atoms with Gasteiger partial charge in [-0.2, -0.15) is 0 Å². The van der Waals surface area contributed by atoms with Crippen LogP contribution in [0.25, 0.3) is 0 Å². The highest BCUT2D eigenvalue weighted by Crippen LogP contribution is 2.11. The normalized spacial score (nSPS) is 17.6. The molecule has 1 aliphatic rings. The van der Waals surface area contributed by atoms with Crippen molar-refractivity contribution in [3.8, 4) is 0 Å². The Balaban J connectivity index is 1.91. The van der Waals surface area contributed by atoms with E-state index in [4.69, 9.17) is 5.73 Å². The number of carbonyl (C=O) groups is 2. The molecule has 5 heteroatoms. The van der Waals surface area contributed by atoms with E-state index in [2.05, 4.69) is 5.32 Å². The first-order valence-electron chi connectivity index (χ1n) is 6.99. The maximum Gasteiger partial charge on any atom is 0.244 e. The summed E-state index contributed by atoms with van der Waals surface area (Å²) in [5.74, 6) is -0.354. The summed E-state index contributed by atoms with van der Waals surface area (Å²) >= 11 is 0. The summed E-state index contributed by atoms with van der Waals surface area (Å²) in [6.07, 6.45) is 2.08. The zero-order valence-corrected chi connectivity index (χ0v) is 11.7. The van der Waals surface area contributed by atoms with Gasteiger partial charge >= 0.3 is 0 Å². The van der Waals surface area contributed by atoms with Crippen molar-refractivity contribution >= 4 is 11.8 Å². The number of nitrogens with one attached hydrogen (secondary N) is 1. The zero-order valence-electron chi connectivity index (χ0n) is 11.7. The topological polar surface area (TPSA) is 75.4 Å². The summed E-state index contributed by atoms with van der Waals surface area (Å²) < 4.78 is 0. The molecule has 1 fully saturated rings. The summed E-state index contributed by atoms with van der Waals surface area (Å²) in [5.41, 5.74) is 6.64. The number of benzene rings is 1. The molecule has 2 rings (SSSR count). The van der Waals surface area contributed by atoms with E-state index in [1.807, 2.05) is 18.2 Å². The van der Waals surface area contributed by atoms with E-state index in [1.54, 1.807) is 24.0 Å². The molecule has 20 heavy (non-hydrogen) atoms. The van der Waals surface area contributed by atoms with Gasteiger partial charge in [-0.15, -0.1) is 0 Å². The van der Waals surface area contributed by atoms with E-state index in [0.717, 1.165) is 31.5 Å². The van der Waals surface area contributed by atoms with Crippen molar-refractivity contribution in [2.45, 2.75) is 31.8 Å². The number of hydrogen-bond acceptors (Lipinski definition) is 3. The maximum atomic E-state index is 12.1. The van der Waals surface area contributed by atoms with E-state index < -0.39 is 12.1 Å². The minimum absolute atomic E-state index is 0.0314. The first-order chi connectivity index (χ1) is 9.59. The smallest absolute Gasteiger partial charge is 0.244 e. The van der Waals surface area contributed by atoms with Crippen LogP contribution >= 0.6 is 0 Å². The highest BCUT2D eigenvalue weighted by molar-refractivity contribution is 5.90. The van der Waals surface area contributed by atoms with Gasteiger partial charge in [-0.3, -0.25) is 9.59 Å². The lowest BCUT2D eigenvalue weighted by molar-refractivity contribution is -0.135. The van der Waals surface area contributed by atoms with E-state index in [1.165, 1.54) is 0 Å². The van der Waals surface area contributed by atoms with Gasteiger partial charge in [-0.05, 0) is 25.3 Å². The minimum Gasteiger partial charge on any atom is -0.343 e. The van der Waals surface area contributed by atoms with Gasteiger partial charge in [0.25, 0.3) is 0 Å². The first kappa shape index (κ1) is 14.5. The molecular formula is C15H21N3O2. The van der Waals surface area contributed by atoms with Crippen LogP contribution in [0.3, 0.4) is 0 Å². The maximum absolute atomic E-state index is 12.1. The molecule has 1 aromatic rings. The summed E-state index contributed by atoms with van der Waals surface area (Å²) in [5, 5.41) is 2.70. The monoisotopic (exact) mass is 275 g/mol. The van der Waals surface area contributed by atoms with Crippen LogP contribution in [-0.2, 0) is 9.59 Å². The molecule has 0 radical (unpaired) electrons. The van der Waals surface area contributed by atoms with Crippen LogP contribution in [0.4, 0.5) is 0 Å². The van der Waals surface area contributed by atoms with Crippen LogP contribution in [-0.4, -0.2) is 35.8 Å². The minimum atomic E-state index is -0.745. The fraction of sp³-hybridized carbons (Fsp3) is 0.467. The average Bonchev–Trinajstić information content (AvgIpc) is 3.00. The molecule has 5 nitrogen and oxygen atoms in total. The number of nitrogens with zero attached hydrogens (tertiary/aromatic N) is 1. The predicted molar refractivity (Wildman–Crippen MR) is 76.8 cm³/mol. The summed E-state index contributed by atoms with van der Waals surface area (Å²) in [7, 11) is 0. The van der Waals surface area contributed by atoms with Crippen LogP contribution in [0, 0.1) is 0 Å². The van der Waals surface area contributed by atoms with Crippen molar-refractivity contribution in [3.05, 3.63) is 35.9 Å². The Morgan fingerprint density at radius 1 is 1.20 bits per heavy atom. The molecule has 0 aromatic heterocycles. The molecule has 1 aliphatic heterocycles.